The van der Waals surface area contributed by atoms with Gasteiger partial charge in [0.15, 0.2) is 0 Å². The Bertz CT molecular complexity index is 2190. The zero-order chi connectivity index (χ0) is 39.3. The van der Waals surface area contributed by atoms with E-state index in [-0.39, 0.29) is 0 Å². The molecule has 6 aromatic rings. The standard InChI is InChI=1S/C54H68O2/c1-7-9-11-13-15-17-19-21-23-41-25-27-43-33-49(39(3)29-45(43)31-41)52-36-46-30-40(4)50(35-48(46)38-54(52)56-6)51-34-44-28-26-42(32-47(44)37-53(51)55-5)24-22-20-18-16-14-12-10-8-2/h25-38H,7-24H2,1-6H3. The van der Waals surface area contributed by atoms with Crippen molar-refractivity contribution in [2.24, 2.45) is 0 Å². The Balaban J connectivity index is 1.19. The molecule has 0 unspecified atom stereocenters. The maximum Gasteiger partial charge on any atom is 0.127 e. The maximum absolute atomic E-state index is 6.11. The van der Waals surface area contributed by atoms with Gasteiger partial charge < -0.3 is 9.47 Å². The SMILES string of the molecule is CCCCCCCCCCc1ccc2cc(-c3cc4cc(C)c(-c5cc6ccc(CCCCCCCCCC)cc6cc5OC)cc4cc3OC)c(C)cc2c1. The van der Waals surface area contributed by atoms with Crippen molar-refractivity contribution < 1.29 is 9.47 Å². The second-order valence-corrected chi connectivity index (χ2v) is 16.6. The maximum atomic E-state index is 6.11. The number of fused-ring (bicyclic) bond motifs is 3. The van der Waals surface area contributed by atoms with Crippen LogP contribution in [0.5, 0.6) is 11.5 Å². The molecular formula is C54H68O2. The summed E-state index contributed by atoms with van der Waals surface area (Å²) in [4.78, 5) is 0. The summed E-state index contributed by atoms with van der Waals surface area (Å²) in [6, 6.07) is 32.5. The van der Waals surface area contributed by atoms with Gasteiger partial charge in [-0.2, -0.15) is 0 Å². The lowest BCUT2D eigenvalue weighted by Crippen LogP contribution is -1.94. The first-order valence-corrected chi connectivity index (χ1v) is 22.2. The van der Waals surface area contributed by atoms with E-state index in [1.165, 1.54) is 163 Å². The molecule has 0 N–H and O–H groups in total. The summed E-state index contributed by atoms with van der Waals surface area (Å²) in [5, 5.41) is 7.49. The van der Waals surface area contributed by atoms with E-state index in [9.17, 15) is 0 Å². The normalized spacial score (nSPS) is 11.6. The van der Waals surface area contributed by atoms with Crippen LogP contribution in [0, 0.1) is 13.8 Å². The third-order valence-corrected chi connectivity index (χ3v) is 12.2. The van der Waals surface area contributed by atoms with Gasteiger partial charge in [0.05, 0.1) is 14.2 Å². The summed E-state index contributed by atoms with van der Waals surface area (Å²) in [5.41, 5.74) is 10.1. The van der Waals surface area contributed by atoms with E-state index >= 15 is 0 Å². The van der Waals surface area contributed by atoms with E-state index in [2.05, 4.69) is 113 Å². The lowest BCUT2D eigenvalue weighted by molar-refractivity contribution is 0.417. The minimum atomic E-state index is 0.899. The lowest BCUT2D eigenvalue weighted by Gasteiger charge is -2.17. The Morgan fingerprint density at radius 3 is 1.12 bits per heavy atom. The third kappa shape index (κ3) is 10.6. The molecule has 0 aliphatic heterocycles. The van der Waals surface area contributed by atoms with Gasteiger partial charge in [0, 0.05) is 11.1 Å². The molecule has 0 fully saturated rings. The average molecular weight is 749 g/mol. The van der Waals surface area contributed by atoms with Gasteiger partial charge >= 0.3 is 0 Å². The highest BCUT2D eigenvalue weighted by molar-refractivity contribution is 5.99. The zero-order valence-electron chi connectivity index (χ0n) is 35.6. The molecule has 6 rings (SSSR count). The van der Waals surface area contributed by atoms with Crippen LogP contribution in [0.15, 0.2) is 84.9 Å². The number of aryl methyl sites for hydroxylation is 4. The molecule has 0 saturated heterocycles. The van der Waals surface area contributed by atoms with E-state index < -0.39 is 0 Å². The van der Waals surface area contributed by atoms with Gasteiger partial charge in [-0.25, -0.2) is 0 Å². The molecule has 56 heavy (non-hydrogen) atoms. The quantitative estimate of drug-likeness (QED) is 0.0644. The fourth-order valence-corrected chi connectivity index (χ4v) is 8.81. The van der Waals surface area contributed by atoms with Crippen molar-refractivity contribution in [2.45, 2.75) is 143 Å². The topological polar surface area (TPSA) is 18.5 Å². The second-order valence-electron chi connectivity index (χ2n) is 16.6. The van der Waals surface area contributed by atoms with Crippen molar-refractivity contribution in [3.63, 3.8) is 0 Å². The van der Waals surface area contributed by atoms with Crippen molar-refractivity contribution in [1.29, 1.82) is 0 Å². The van der Waals surface area contributed by atoms with Crippen molar-refractivity contribution in [1.82, 2.24) is 0 Å². The van der Waals surface area contributed by atoms with Crippen LogP contribution in [0.3, 0.4) is 0 Å². The first kappa shape index (κ1) is 41.3. The molecule has 0 saturated carbocycles. The minimum absolute atomic E-state index is 0.899. The number of unbranched alkanes of at least 4 members (excludes halogenated alkanes) is 14. The second kappa shape index (κ2) is 20.7. The summed E-state index contributed by atoms with van der Waals surface area (Å²) in [6.45, 7) is 9.04. The van der Waals surface area contributed by atoms with Crippen molar-refractivity contribution in [3.05, 3.63) is 107 Å². The average Bonchev–Trinajstić information content (AvgIpc) is 3.21. The van der Waals surface area contributed by atoms with Crippen LogP contribution in [-0.4, -0.2) is 14.2 Å². The smallest absolute Gasteiger partial charge is 0.127 e. The van der Waals surface area contributed by atoms with Crippen LogP contribution in [0.25, 0.3) is 54.6 Å². The van der Waals surface area contributed by atoms with Crippen LogP contribution in [0.1, 0.15) is 139 Å². The van der Waals surface area contributed by atoms with E-state index in [0.29, 0.717) is 0 Å². The highest BCUT2D eigenvalue weighted by Gasteiger charge is 2.16. The van der Waals surface area contributed by atoms with Crippen molar-refractivity contribution >= 4 is 32.3 Å². The van der Waals surface area contributed by atoms with E-state index in [1.807, 2.05) is 0 Å². The summed E-state index contributed by atoms with van der Waals surface area (Å²) in [5.74, 6) is 1.82. The number of hydrogen-bond acceptors (Lipinski definition) is 2. The van der Waals surface area contributed by atoms with Crippen LogP contribution in [-0.2, 0) is 12.8 Å². The third-order valence-electron chi connectivity index (χ3n) is 12.2. The molecule has 296 valence electrons. The summed E-state index contributed by atoms with van der Waals surface area (Å²) < 4.78 is 12.2. The van der Waals surface area contributed by atoms with E-state index in [4.69, 9.17) is 9.47 Å². The summed E-state index contributed by atoms with van der Waals surface area (Å²) >= 11 is 0. The Morgan fingerprint density at radius 2 is 0.679 bits per heavy atom. The van der Waals surface area contributed by atoms with Gasteiger partial charge in [-0.05, 0) is 142 Å². The predicted molar refractivity (Wildman–Crippen MR) is 245 cm³/mol. The number of benzene rings is 6. The summed E-state index contributed by atoms with van der Waals surface area (Å²) in [6.07, 6.45) is 24.0. The molecule has 2 heteroatoms. The lowest BCUT2D eigenvalue weighted by atomic mass is 9.90. The fourth-order valence-electron chi connectivity index (χ4n) is 8.81. The zero-order valence-corrected chi connectivity index (χ0v) is 35.6. The van der Waals surface area contributed by atoms with Crippen molar-refractivity contribution in [2.75, 3.05) is 14.2 Å². The Hall–Kier alpha value is -4.30. The van der Waals surface area contributed by atoms with Crippen LogP contribution >= 0.6 is 0 Å². The van der Waals surface area contributed by atoms with E-state index in [0.717, 1.165) is 40.9 Å². The van der Waals surface area contributed by atoms with Gasteiger partial charge in [0.25, 0.3) is 0 Å². The molecule has 0 radical (unpaired) electrons. The van der Waals surface area contributed by atoms with Gasteiger partial charge in [-0.1, -0.05) is 152 Å². The number of methoxy groups -OCH3 is 2. The highest BCUT2D eigenvalue weighted by atomic mass is 16.5. The molecule has 0 aromatic heterocycles. The van der Waals surface area contributed by atoms with Crippen LogP contribution in [0.4, 0.5) is 0 Å². The van der Waals surface area contributed by atoms with E-state index in [1.54, 1.807) is 14.2 Å². The van der Waals surface area contributed by atoms with Gasteiger partial charge in [0.2, 0.25) is 0 Å². The molecule has 0 spiro atoms. The van der Waals surface area contributed by atoms with Gasteiger partial charge in [0.1, 0.15) is 11.5 Å². The molecule has 2 nitrogen and oxygen atoms in total. The Kier molecular flexibility index (Phi) is 15.3. The first-order valence-electron chi connectivity index (χ1n) is 22.2. The Labute approximate surface area is 339 Å². The number of ether oxygens (including phenoxy) is 2. The highest BCUT2D eigenvalue weighted by Crippen LogP contribution is 2.42. The molecule has 0 heterocycles. The molecule has 0 atom stereocenters. The molecule has 0 aliphatic carbocycles. The number of hydrogen-bond donors (Lipinski definition) is 0. The predicted octanol–water partition coefficient (Wildman–Crippen LogP) is 16.5. The van der Waals surface area contributed by atoms with Gasteiger partial charge in [-0.3, -0.25) is 0 Å². The molecule has 6 aromatic carbocycles. The summed E-state index contributed by atoms with van der Waals surface area (Å²) in [7, 11) is 3.59. The molecule has 0 amide bonds. The molecule has 0 bridgehead atoms. The first-order chi connectivity index (χ1) is 27.4. The van der Waals surface area contributed by atoms with Crippen molar-refractivity contribution in [3.8, 4) is 33.8 Å². The molecular weight excluding hydrogens is 681 g/mol. The molecule has 0 aliphatic rings. The largest absolute Gasteiger partial charge is 0.496 e. The minimum Gasteiger partial charge on any atom is -0.496 e. The number of rotatable bonds is 22. The fraction of sp³-hybridized carbons (Fsp3) is 0.444. The van der Waals surface area contributed by atoms with Crippen LogP contribution < -0.4 is 9.47 Å². The van der Waals surface area contributed by atoms with Crippen LogP contribution in [0.2, 0.25) is 0 Å². The monoisotopic (exact) mass is 749 g/mol. The Morgan fingerprint density at radius 1 is 0.339 bits per heavy atom. The van der Waals surface area contributed by atoms with Gasteiger partial charge in [-0.15, -0.1) is 0 Å².